The molecule has 0 aromatic heterocycles. The Labute approximate surface area is 80.1 Å². The van der Waals surface area contributed by atoms with Crippen molar-refractivity contribution in [2.75, 3.05) is 0 Å². The van der Waals surface area contributed by atoms with Crippen molar-refractivity contribution < 1.29 is 4.43 Å². The Balaban J connectivity index is 2.96. The highest BCUT2D eigenvalue weighted by atomic mass is 28.4. The fraction of sp³-hybridized carbons (Fsp3) is 0.300. The van der Waals surface area contributed by atoms with Crippen LogP contribution in [-0.2, 0) is 0 Å². The lowest BCUT2D eigenvalue weighted by molar-refractivity contribution is 0.561. The summed E-state index contributed by atoms with van der Waals surface area (Å²) in [6, 6.07) is 7.38. The zero-order valence-electron chi connectivity index (χ0n) is 8.16. The molecule has 0 atom stereocenters. The third kappa shape index (κ3) is 2.92. The summed E-state index contributed by atoms with van der Waals surface area (Å²) in [5, 5.41) is 0. The molecular formula is C10H13NOSi. The molecule has 0 amide bonds. The average Bonchev–Trinajstić information content (AvgIpc) is 2.02. The Bertz CT molecular complexity index is 336. The van der Waals surface area contributed by atoms with Gasteiger partial charge in [-0.2, -0.15) is 0 Å². The van der Waals surface area contributed by atoms with Gasteiger partial charge in [0.1, 0.15) is 5.75 Å². The summed E-state index contributed by atoms with van der Waals surface area (Å²) < 4.78 is 5.75. The van der Waals surface area contributed by atoms with Crippen molar-refractivity contribution in [1.82, 2.24) is 0 Å². The average molecular weight is 191 g/mol. The fourth-order valence-corrected chi connectivity index (χ4v) is 1.80. The molecule has 0 unspecified atom stereocenters. The fourth-order valence-electron chi connectivity index (χ4n) is 0.966. The Hall–Kier alpha value is -1.27. The van der Waals surface area contributed by atoms with Crippen LogP contribution in [0.15, 0.2) is 24.3 Å². The minimum absolute atomic E-state index is 0.602. The van der Waals surface area contributed by atoms with Gasteiger partial charge in [0.05, 0.1) is 6.57 Å². The van der Waals surface area contributed by atoms with Crippen LogP contribution in [0.3, 0.4) is 0 Å². The molecule has 0 aliphatic rings. The first kappa shape index (κ1) is 9.81. The molecule has 3 heteroatoms. The molecule has 0 saturated heterocycles. The molecule has 1 aromatic rings. The highest BCUT2D eigenvalue weighted by Gasteiger charge is 2.17. The van der Waals surface area contributed by atoms with Crippen LogP contribution in [0.5, 0.6) is 5.75 Å². The number of rotatable bonds is 2. The van der Waals surface area contributed by atoms with Crippen LogP contribution in [0.1, 0.15) is 0 Å². The summed E-state index contributed by atoms with van der Waals surface area (Å²) in [5.41, 5.74) is 0.602. The monoisotopic (exact) mass is 191 g/mol. The van der Waals surface area contributed by atoms with E-state index in [0.29, 0.717) is 5.69 Å². The van der Waals surface area contributed by atoms with Crippen molar-refractivity contribution in [2.45, 2.75) is 19.6 Å². The first-order chi connectivity index (χ1) is 6.03. The van der Waals surface area contributed by atoms with Gasteiger partial charge in [-0.1, -0.05) is 18.2 Å². The van der Waals surface area contributed by atoms with Crippen molar-refractivity contribution in [3.05, 3.63) is 35.7 Å². The van der Waals surface area contributed by atoms with Crippen LogP contribution in [0.4, 0.5) is 5.69 Å². The van der Waals surface area contributed by atoms with Gasteiger partial charge in [0.25, 0.3) is 0 Å². The third-order valence-electron chi connectivity index (χ3n) is 1.40. The summed E-state index contributed by atoms with van der Waals surface area (Å²) in [7, 11) is -1.59. The molecule has 0 saturated carbocycles. The molecule has 0 N–H and O–H groups in total. The van der Waals surface area contributed by atoms with Crippen LogP contribution >= 0.6 is 0 Å². The molecule has 0 radical (unpaired) electrons. The van der Waals surface area contributed by atoms with E-state index in [4.69, 9.17) is 11.0 Å². The molecule has 0 heterocycles. The van der Waals surface area contributed by atoms with Gasteiger partial charge < -0.3 is 4.43 Å². The van der Waals surface area contributed by atoms with Gasteiger partial charge in [0.2, 0.25) is 14.0 Å². The number of nitrogens with zero attached hydrogens (tertiary/aromatic N) is 1. The van der Waals surface area contributed by atoms with E-state index in [9.17, 15) is 0 Å². The quantitative estimate of drug-likeness (QED) is 0.515. The Morgan fingerprint density at radius 1 is 1.23 bits per heavy atom. The van der Waals surface area contributed by atoms with E-state index in [1.165, 1.54) is 0 Å². The summed E-state index contributed by atoms with van der Waals surface area (Å²) in [6.45, 7) is 13.3. The number of hydrogen-bond acceptors (Lipinski definition) is 1. The summed E-state index contributed by atoms with van der Waals surface area (Å²) in [5.74, 6) is 0.719. The van der Waals surface area contributed by atoms with E-state index in [1.807, 2.05) is 18.2 Å². The van der Waals surface area contributed by atoms with Gasteiger partial charge in [-0.25, -0.2) is 4.85 Å². The lowest BCUT2D eigenvalue weighted by Crippen LogP contribution is -2.29. The standard InChI is InChI=1S/C10H13NOSi/c1-11-9-7-5-6-8-10(9)12-13(2,3)4/h5-8H,2-4H3. The van der Waals surface area contributed by atoms with E-state index in [1.54, 1.807) is 6.07 Å². The van der Waals surface area contributed by atoms with Gasteiger partial charge in [-0.3, -0.25) is 0 Å². The molecule has 1 rings (SSSR count). The van der Waals surface area contributed by atoms with E-state index < -0.39 is 8.32 Å². The molecule has 13 heavy (non-hydrogen) atoms. The maximum absolute atomic E-state index is 6.95. The molecule has 0 spiro atoms. The van der Waals surface area contributed by atoms with Gasteiger partial charge in [-0.05, 0) is 25.7 Å². The van der Waals surface area contributed by atoms with Gasteiger partial charge in [0, 0.05) is 0 Å². The summed E-state index contributed by atoms with van der Waals surface area (Å²) in [4.78, 5) is 3.40. The van der Waals surface area contributed by atoms with Crippen molar-refractivity contribution in [1.29, 1.82) is 0 Å². The van der Waals surface area contributed by atoms with Crippen LogP contribution in [0.2, 0.25) is 19.6 Å². The Morgan fingerprint density at radius 3 is 2.38 bits per heavy atom. The molecule has 1 aromatic carbocycles. The predicted molar refractivity (Wildman–Crippen MR) is 56.7 cm³/mol. The largest absolute Gasteiger partial charge is 0.552 e. The first-order valence-corrected chi connectivity index (χ1v) is 7.59. The van der Waals surface area contributed by atoms with Crippen LogP contribution in [0, 0.1) is 6.57 Å². The Kier molecular flexibility index (Phi) is 2.74. The van der Waals surface area contributed by atoms with E-state index in [-0.39, 0.29) is 0 Å². The highest BCUT2D eigenvalue weighted by molar-refractivity contribution is 6.70. The van der Waals surface area contributed by atoms with Crippen LogP contribution < -0.4 is 4.43 Å². The second kappa shape index (κ2) is 3.63. The maximum Gasteiger partial charge on any atom is 0.240 e. The summed E-state index contributed by atoms with van der Waals surface area (Å²) >= 11 is 0. The third-order valence-corrected chi connectivity index (χ3v) is 2.23. The molecule has 68 valence electrons. The minimum atomic E-state index is -1.59. The maximum atomic E-state index is 6.95. The second-order valence-electron chi connectivity index (χ2n) is 3.79. The lowest BCUT2D eigenvalue weighted by Gasteiger charge is -2.19. The number of para-hydroxylation sites is 2. The molecule has 2 nitrogen and oxygen atoms in total. The van der Waals surface area contributed by atoms with Crippen molar-refractivity contribution in [3.63, 3.8) is 0 Å². The highest BCUT2D eigenvalue weighted by Crippen LogP contribution is 2.28. The van der Waals surface area contributed by atoms with Crippen molar-refractivity contribution in [2.24, 2.45) is 0 Å². The normalized spacial score (nSPS) is 10.6. The van der Waals surface area contributed by atoms with Crippen LogP contribution in [-0.4, -0.2) is 8.32 Å². The lowest BCUT2D eigenvalue weighted by atomic mass is 10.3. The number of hydrogen-bond donors (Lipinski definition) is 0. The van der Waals surface area contributed by atoms with Crippen LogP contribution in [0.25, 0.3) is 4.85 Å². The topological polar surface area (TPSA) is 13.6 Å². The Morgan fingerprint density at radius 2 is 1.85 bits per heavy atom. The molecule has 0 fully saturated rings. The second-order valence-corrected chi connectivity index (χ2v) is 8.22. The summed E-state index contributed by atoms with van der Waals surface area (Å²) in [6.07, 6.45) is 0. The molecular weight excluding hydrogens is 178 g/mol. The first-order valence-electron chi connectivity index (χ1n) is 4.18. The molecule has 0 aliphatic heterocycles. The van der Waals surface area contributed by atoms with E-state index in [0.717, 1.165) is 5.75 Å². The van der Waals surface area contributed by atoms with Gasteiger partial charge >= 0.3 is 0 Å². The molecule has 0 aliphatic carbocycles. The smallest absolute Gasteiger partial charge is 0.240 e. The van der Waals surface area contributed by atoms with Gasteiger partial charge in [-0.15, -0.1) is 0 Å². The molecule has 0 bridgehead atoms. The van der Waals surface area contributed by atoms with Gasteiger partial charge in [0.15, 0.2) is 0 Å². The van der Waals surface area contributed by atoms with E-state index in [2.05, 4.69) is 24.5 Å². The van der Waals surface area contributed by atoms with E-state index >= 15 is 0 Å². The number of benzene rings is 1. The zero-order valence-corrected chi connectivity index (χ0v) is 9.16. The van der Waals surface area contributed by atoms with Crippen molar-refractivity contribution in [3.8, 4) is 5.75 Å². The predicted octanol–water partition coefficient (Wildman–Crippen LogP) is 3.45. The SMILES string of the molecule is [C-]#[N+]c1ccccc1O[Si](C)(C)C. The van der Waals surface area contributed by atoms with Crippen molar-refractivity contribution >= 4 is 14.0 Å². The minimum Gasteiger partial charge on any atom is -0.552 e. The zero-order chi connectivity index (χ0) is 9.90.